The van der Waals surface area contributed by atoms with E-state index in [2.05, 4.69) is 25.1 Å². The number of hydrogen-bond acceptors (Lipinski definition) is 7. The summed E-state index contributed by atoms with van der Waals surface area (Å²) in [5, 5.41) is 11.9. The van der Waals surface area contributed by atoms with E-state index >= 15 is 0 Å². The standard InChI is InChI=1S/C26H30N6O4/c1-17(2)24(28-26(34)19-5-3-4-11-27-19)25-30-29-22-10-12-31(13-14-32(22)25)23(33)9-7-18-6-8-20-21(15-18)36-16-35-20/h3-6,8,11,15,17,24H,7,9-10,12-14,16H2,1-2H3,(H,28,34). The van der Waals surface area contributed by atoms with Crippen LogP contribution in [0.2, 0.25) is 0 Å². The number of pyridine rings is 1. The van der Waals surface area contributed by atoms with Crippen molar-refractivity contribution in [1.29, 1.82) is 0 Å². The van der Waals surface area contributed by atoms with Crippen molar-refractivity contribution < 1.29 is 19.1 Å². The fourth-order valence-electron chi connectivity index (χ4n) is 4.57. The molecule has 10 heteroatoms. The quantitative estimate of drug-likeness (QED) is 0.542. The van der Waals surface area contributed by atoms with E-state index in [1.807, 2.05) is 36.9 Å². The molecule has 10 nitrogen and oxygen atoms in total. The monoisotopic (exact) mass is 490 g/mol. The van der Waals surface area contributed by atoms with Gasteiger partial charge in [0.15, 0.2) is 17.3 Å². The second-order valence-corrected chi connectivity index (χ2v) is 9.35. The van der Waals surface area contributed by atoms with Crippen molar-refractivity contribution >= 4 is 11.8 Å². The van der Waals surface area contributed by atoms with Crippen molar-refractivity contribution in [2.75, 3.05) is 19.9 Å². The largest absolute Gasteiger partial charge is 0.454 e. The van der Waals surface area contributed by atoms with Crippen LogP contribution in [0.25, 0.3) is 0 Å². The van der Waals surface area contributed by atoms with E-state index in [1.54, 1.807) is 24.4 Å². The Kier molecular flexibility index (Phi) is 6.84. The highest BCUT2D eigenvalue weighted by Crippen LogP contribution is 2.33. The normalized spacial score (nSPS) is 15.4. The smallest absolute Gasteiger partial charge is 0.270 e. The predicted octanol–water partition coefficient (Wildman–Crippen LogP) is 2.55. The van der Waals surface area contributed by atoms with Gasteiger partial charge in [-0.1, -0.05) is 26.0 Å². The maximum absolute atomic E-state index is 13.0. The minimum Gasteiger partial charge on any atom is -0.454 e. The van der Waals surface area contributed by atoms with E-state index in [4.69, 9.17) is 9.47 Å². The highest BCUT2D eigenvalue weighted by atomic mass is 16.7. The summed E-state index contributed by atoms with van der Waals surface area (Å²) in [4.78, 5) is 31.8. The minimum atomic E-state index is -0.325. The number of carbonyl (C=O) groups is 2. The van der Waals surface area contributed by atoms with Crippen LogP contribution < -0.4 is 14.8 Å². The lowest BCUT2D eigenvalue weighted by Gasteiger charge is -2.23. The van der Waals surface area contributed by atoms with Crippen LogP contribution in [-0.4, -0.2) is 56.3 Å². The first-order chi connectivity index (χ1) is 17.5. The third-order valence-electron chi connectivity index (χ3n) is 6.60. The van der Waals surface area contributed by atoms with Gasteiger partial charge in [-0.15, -0.1) is 10.2 Å². The predicted molar refractivity (Wildman–Crippen MR) is 130 cm³/mol. The number of ether oxygens (including phenoxy) is 2. The molecule has 2 aliphatic rings. The average Bonchev–Trinajstić information content (AvgIpc) is 3.47. The van der Waals surface area contributed by atoms with Crippen molar-refractivity contribution in [3.05, 3.63) is 65.5 Å². The van der Waals surface area contributed by atoms with Gasteiger partial charge < -0.3 is 24.3 Å². The molecule has 1 aromatic carbocycles. The van der Waals surface area contributed by atoms with Crippen LogP contribution in [0.1, 0.15) is 54.0 Å². The van der Waals surface area contributed by atoms with Crippen LogP contribution in [0, 0.1) is 5.92 Å². The maximum atomic E-state index is 13.0. The first kappa shape index (κ1) is 23.8. The average molecular weight is 491 g/mol. The zero-order valence-electron chi connectivity index (χ0n) is 20.5. The van der Waals surface area contributed by atoms with E-state index in [0.717, 1.165) is 22.9 Å². The maximum Gasteiger partial charge on any atom is 0.270 e. The number of fused-ring (bicyclic) bond motifs is 2. The second kappa shape index (κ2) is 10.3. The van der Waals surface area contributed by atoms with Gasteiger partial charge in [0, 0.05) is 38.7 Å². The van der Waals surface area contributed by atoms with E-state index < -0.39 is 0 Å². The molecule has 2 aliphatic heterocycles. The number of hydrogen-bond donors (Lipinski definition) is 1. The van der Waals surface area contributed by atoms with Gasteiger partial charge in [0.25, 0.3) is 5.91 Å². The lowest BCUT2D eigenvalue weighted by atomic mass is 10.0. The highest BCUT2D eigenvalue weighted by Gasteiger charge is 2.29. The Morgan fingerprint density at radius 3 is 2.72 bits per heavy atom. The fourth-order valence-corrected chi connectivity index (χ4v) is 4.57. The molecule has 188 valence electrons. The molecule has 0 saturated carbocycles. The van der Waals surface area contributed by atoms with Crippen molar-refractivity contribution in [2.45, 2.75) is 45.7 Å². The van der Waals surface area contributed by atoms with Crippen molar-refractivity contribution in [3.63, 3.8) is 0 Å². The van der Waals surface area contributed by atoms with E-state index in [0.29, 0.717) is 50.4 Å². The summed E-state index contributed by atoms with van der Waals surface area (Å²) in [6, 6.07) is 10.7. The molecule has 36 heavy (non-hydrogen) atoms. The van der Waals surface area contributed by atoms with Crippen molar-refractivity contribution in [3.8, 4) is 11.5 Å². The molecule has 0 bridgehead atoms. The number of nitrogens with one attached hydrogen (secondary N) is 1. The summed E-state index contributed by atoms with van der Waals surface area (Å²) < 4.78 is 12.8. The minimum absolute atomic E-state index is 0.0913. The number of nitrogens with zero attached hydrogens (tertiary/aromatic N) is 5. The molecule has 0 radical (unpaired) electrons. The topological polar surface area (TPSA) is 111 Å². The summed E-state index contributed by atoms with van der Waals surface area (Å²) in [7, 11) is 0. The summed E-state index contributed by atoms with van der Waals surface area (Å²) in [5.41, 5.74) is 1.41. The molecular weight excluding hydrogens is 460 g/mol. The first-order valence-corrected chi connectivity index (χ1v) is 12.3. The Labute approximate surface area is 209 Å². The van der Waals surface area contributed by atoms with Crippen LogP contribution in [-0.2, 0) is 24.2 Å². The van der Waals surface area contributed by atoms with Gasteiger partial charge >= 0.3 is 0 Å². The van der Waals surface area contributed by atoms with Crippen LogP contribution in [0.4, 0.5) is 0 Å². The number of carbonyl (C=O) groups excluding carboxylic acids is 2. The zero-order chi connectivity index (χ0) is 25.1. The van der Waals surface area contributed by atoms with Gasteiger partial charge in [0.2, 0.25) is 12.7 Å². The van der Waals surface area contributed by atoms with Crippen LogP contribution >= 0.6 is 0 Å². The molecule has 1 N–H and O–H groups in total. The van der Waals surface area contributed by atoms with Gasteiger partial charge in [-0.2, -0.15) is 0 Å². The molecule has 4 heterocycles. The highest BCUT2D eigenvalue weighted by molar-refractivity contribution is 5.92. The number of aryl methyl sites for hydroxylation is 1. The van der Waals surface area contributed by atoms with E-state index in [9.17, 15) is 9.59 Å². The van der Waals surface area contributed by atoms with E-state index in [-0.39, 0.29) is 30.6 Å². The Balaban J connectivity index is 1.23. The Bertz CT molecular complexity index is 1240. The Hall–Kier alpha value is -3.95. The Morgan fingerprint density at radius 2 is 1.92 bits per heavy atom. The third kappa shape index (κ3) is 5.02. The first-order valence-electron chi connectivity index (χ1n) is 12.3. The van der Waals surface area contributed by atoms with Gasteiger partial charge in [-0.05, 0) is 42.2 Å². The zero-order valence-corrected chi connectivity index (χ0v) is 20.5. The Morgan fingerprint density at radius 1 is 1.06 bits per heavy atom. The van der Waals surface area contributed by atoms with Crippen molar-refractivity contribution in [2.24, 2.45) is 5.92 Å². The summed E-state index contributed by atoms with van der Waals surface area (Å²) in [6.07, 6.45) is 3.27. The number of benzene rings is 1. The molecule has 0 spiro atoms. The van der Waals surface area contributed by atoms with Gasteiger partial charge in [0.1, 0.15) is 11.5 Å². The van der Waals surface area contributed by atoms with Crippen LogP contribution in [0.15, 0.2) is 42.6 Å². The third-order valence-corrected chi connectivity index (χ3v) is 6.60. The SMILES string of the molecule is CC(C)C(NC(=O)c1ccccn1)c1nnc2n1CCN(C(=O)CCc1ccc3c(c1)OCO3)CC2. The summed E-state index contributed by atoms with van der Waals surface area (Å²) in [6.45, 7) is 6.04. The van der Waals surface area contributed by atoms with Crippen LogP contribution in [0.5, 0.6) is 11.5 Å². The number of aromatic nitrogens is 4. The van der Waals surface area contributed by atoms with Gasteiger partial charge in [-0.3, -0.25) is 14.6 Å². The van der Waals surface area contributed by atoms with Gasteiger partial charge in [0.05, 0.1) is 6.04 Å². The lowest BCUT2D eigenvalue weighted by Crippen LogP contribution is -2.36. The van der Waals surface area contributed by atoms with Crippen molar-refractivity contribution in [1.82, 2.24) is 30.0 Å². The number of amides is 2. The lowest BCUT2D eigenvalue weighted by molar-refractivity contribution is -0.131. The van der Waals surface area contributed by atoms with Gasteiger partial charge in [-0.25, -0.2) is 0 Å². The molecule has 2 amide bonds. The van der Waals surface area contributed by atoms with E-state index in [1.165, 1.54) is 0 Å². The molecular formula is C26H30N6O4. The fraction of sp³-hybridized carbons (Fsp3) is 0.423. The molecule has 2 aromatic heterocycles. The second-order valence-electron chi connectivity index (χ2n) is 9.35. The molecule has 1 atom stereocenters. The molecule has 1 unspecified atom stereocenters. The summed E-state index contributed by atoms with van der Waals surface area (Å²) in [5.74, 6) is 2.96. The molecule has 3 aromatic rings. The molecule has 0 aliphatic carbocycles. The number of rotatable bonds is 7. The molecule has 0 fully saturated rings. The summed E-state index contributed by atoms with van der Waals surface area (Å²) >= 11 is 0. The molecule has 0 saturated heterocycles. The molecule has 5 rings (SSSR count). The van der Waals surface area contributed by atoms with Crippen LogP contribution in [0.3, 0.4) is 0 Å².